The van der Waals surface area contributed by atoms with Gasteiger partial charge in [-0.05, 0) is 47.9 Å². The molecular weight excluding hydrogens is 402 g/mol. The van der Waals surface area contributed by atoms with Crippen LogP contribution >= 0.6 is 0 Å². The normalized spacial score (nSPS) is 18.2. The zero-order valence-electron chi connectivity index (χ0n) is 22.0. The van der Waals surface area contributed by atoms with Crippen molar-refractivity contribution in [3.05, 3.63) is 53.3 Å². The Hall–Kier alpha value is -2.42. The number of nitrogens with zero attached hydrogens (tertiary/aromatic N) is 3. The molecule has 0 saturated carbocycles. The predicted molar refractivity (Wildman–Crippen MR) is 139 cm³/mol. The van der Waals surface area contributed by atoms with E-state index in [0.717, 1.165) is 19.3 Å². The van der Waals surface area contributed by atoms with Crippen LogP contribution in [0.2, 0.25) is 0 Å². The molecule has 1 aromatic carbocycles. The van der Waals surface area contributed by atoms with Crippen LogP contribution < -0.4 is 4.57 Å². The first kappa shape index (κ1) is 22.4. The van der Waals surface area contributed by atoms with Crippen LogP contribution in [0.15, 0.2) is 36.5 Å². The molecule has 1 unspecified atom stereocenters. The topological polar surface area (TPSA) is 21.2 Å². The number of hydrogen-bond acceptors (Lipinski definition) is 1. The molecule has 174 valence electrons. The van der Waals surface area contributed by atoms with Crippen LogP contribution in [0, 0.1) is 0 Å². The molecule has 0 N–H and O–H groups in total. The fourth-order valence-electron chi connectivity index (χ4n) is 6.55. The predicted octanol–water partition coefficient (Wildman–Crippen LogP) is 7.55. The minimum absolute atomic E-state index is 0.0516. The van der Waals surface area contributed by atoms with Gasteiger partial charge >= 0.3 is 0 Å². The first-order valence-corrected chi connectivity index (χ1v) is 12.8. The van der Waals surface area contributed by atoms with Gasteiger partial charge in [0, 0.05) is 17.4 Å². The highest BCUT2D eigenvalue weighted by atomic mass is 15.2. The van der Waals surface area contributed by atoms with Gasteiger partial charge < -0.3 is 0 Å². The summed E-state index contributed by atoms with van der Waals surface area (Å²) in [5.74, 6) is 0.465. The Kier molecular flexibility index (Phi) is 4.77. The lowest BCUT2D eigenvalue weighted by atomic mass is 9.69. The van der Waals surface area contributed by atoms with Crippen molar-refractivity contribution in [2.45, 2.75) is 104 Å². The summed E-state index contributed by atoms with van der Waals surface area (Å²) in [4.78, 5) is 5.44. The van der Waals surface area contributed by atoms with E-state index in [1.54, 1.807) is 0 Å². The number of hydrogen-bond donors (Lipinski definition) is 0. The van der Waals surface area contributed by atoms with E-state index in [1.807, 2.05) is 0 Å². The van der Waals surface area contributed by atoms with E-state index < -0.39 is 0 Å². The van der Waals surface area contributed by atoms with Gasteiger partial charge in [-0.25, -0.2) is 9.55 Å². The molecule has 4 heterocycles. The molecule has 0 aliphatic carbocycles. The number of fused-ring (bicyclic) bond motifs is 3. The fourth-order valence-corrected chi connectivity index (χ4v) is 6.55. The van der Waals surface area contributed by atoms with E-state index in [4.69, 9.17) is 4.98 Å². The lowest BCUT2D eigenvalue weighted by Crippen LogP contribution is -2.60. The van der Waals surface area contributed by atoms with E-state index in [2.05, 4.69) is 108 Å². The van der Waals surface area contributed by atoms with Crippen molar-refractivity contribution in [2.24, 2.45) is 0 Å². The average Bonchev–Trinajstić information content (AvgIpc) is 3.11. The molecule has 0 fully saturated rings. The summed E-state index contributed by atoms with van der Waals surface area (Å²) in [5.41, 5.74) is 9.31. The molecule has 33 heavy (non-hydrogen) atoms. The summed E-state index contributed by atoms with van der Waals surface area (Å²) in [7, 11) is 0. The SMILES string of the molecule is CCC1c2cc(C(C)(C)C)cc3nc(C(C)(C)C)c4c(c23)[n+](c2ccccn42)C1(CC)CC. The van der Waals surface area contributed by atoms with Gasteiger partial charge in [0.05, 0.1) is 22.8 Å². The van der Waals surface area contributed by atoms with Gasteiger partial charge in [0.2, 0.25) is 5.52 Å². The Morgan fingerprint density at radius 2 is 1.67 bits per heavy atom. The summed E-state index contributed by atoms with van der Waals surface area (Å²) in [5, 5.41) is 1.37. The second kappa shape index (κ2) is 7.04. The van der Waals surface area contributed by atoms with Crippen LogP contribution in [0.5, 0.6) is 0 Å². The highest BCUT2D eigenvalue weighted by molar-refractivity contribution is 6.05. The van der Waals surface area contributed by atoms with E-state index in [1.165, 1.54) is 44.4 Å². The summed E-state index contributed by atoms with van der Waals surface area (Å²) in [6.45, 7) is 21.0. The minimum Gasteiger partial charge on any atom is -0.247 e. The van der Waals surface area contributed by atoms with E-state index in [-0.39, 0.29) is 16.4 Å². The minimum atomic E-state index is -0.0588. The van der Waals surface area contributed by atoms with Crippen molar-refractivity contribution in [1.82, 2.24) is 9.38 Å². The third-order valence-corrected chi connectivity index (χ3v) is 8.28. The zero-order chi connectivity index (χ0) is 23.9. The summed E-state index contributed by atoms with van der Waals surface area (Å²) in [6, 6.07) is 11.6. The Morgan fingerprint density at radius 3 is 2.24 bits per heavy atom. The smallest absolute Gasteiger partial charge is 0.247 e. The van der Waals surface area contributed by atoms with Gasteiger partial charge in [-0.1, -0.05) is 74.4 Å². The van der Waals surface area contributed by atoms with Crippen LogP contribution in [0.25, 0.3) is 27.6 Å². The van der Waals surface area contributed by atoms with E-state index in [9.17, 15) is 0 Å². The molecule has 1 aliphatic heterocycles. The average molecular weight is 443 g/mol. The first-order chi connectivity index (χ1) is 15.5. The number of benzene rings is 1. The summed E-state index contributed by atoms with van der Waals surface area (Å²) in [6.07, 6.45) is 5.60. The summed E-state index contributed by atoms with van der Waals surface area (Å²) < 4.78 is 5.14. The third-order valence-electron chi connectivity index (χ3n) is 8.28. The molecule has 0 saturated heterocycles. The standard InChI is InChI=1S/C30H40N3/c1-10-21-20-17-19(28(4,5)6)18-22-24(20)25-26(27(31-22)29(7,8)9)32-16-14-13-15-23(32)33(25)30(21,11-2)12-3/h13-18,21H,10-12H2,1-9H3/q+1. The van der Waals surface area contributed by atoms with Gasteiger partial charge in [-0.3, -0.25) is 0 Å². The Labute approximate surface area is 198 Å². The quantitative estimate of drug-likeness (QED) is 0.300. The molecule has 0 spiro atoms. The lowest BCUT2D eigenvalue weighted by Gasteiger charge is -2.41. The Bertz CT molecular complexity index is 1390. The van der Waals surface area contributed by atoms with Gasteiger partial charge in [0.15, 0.2) is 5.52 Å². The number of aromatic nitrogens is 3. The van der Waals surface area contributed by atoms with Crippen LogP contribution in [-0.4, -0.2) is 9.38 Å². The molecule has 1 aliphatic rings. The lowest BCUT2D eigenvalue weighted by molar-refractivity contribution is -0.726. The van der Waals surface area contributed by atoms with Crippen molar-refractivity contribution in [3.63, 3.8) is 0 Å². The molecule has 3 nitrogen and oxygen atoms in total. The molecule has 0 amide bonds. The molecule has 5 rings (SSSR count). The van der Waals surface area contributed by atoms with Crippen molar-refractivity contribution in [1.29, 1.82) is 0 Å². The van der Waals surface area contributed by atoms with Gasteiger partial charge in [-0.15, -0.1) is 0 Å². The van der Waals surface area contributed by atoms with Crippen LogP contribution in [0.3, 0.4) is 0 Å². The Morgan fingerprint density at radius 1 is 0.970 bits per heavy atom. The second-order valence-corrected chi connectivity index (χ2v) is 12.2. The molecule has 0 radical (unpaired) electrons. The Balaban J connectivity index is 2.15. The van der Waals surface area contributed by atoms with Crippen molar-refractivity contribution in [2.75, 3.05) is 0 Å². The third kappa shape index (κ3) is 2.87. The number of pyridine rings is 2. The molecule has 4 aromatic rings. The fraction of sp³-hybridized carbons (Fsp3) is 0.533. The highest BCUT2D eigenvalue weighted by Crippen LogP contribution is 2.49. The highest BCUT2D eigenvalue weighted by Gasteiger charge is 2.50. The van der Waals surface area contributed by atoms with Crippen LogP contribution in [0.1, 0.15) is 104 Å². The van der Waals surface area contributed by atoms with Crippen LogP contribution in [0.4, 0.5) is 0 Å². The van der Waals surface area contributed by atoms with E-state index >= 15 is 0 Å². The first-order valence-electron chi connectivity index (χ1n) is 12.8. The summed E-state index contributed by atoms with van der Waals surface area (Å²) >= 11 is 0. The zero-order valence-corrected chi connectivity index (χ0v) is 22.0. The maximum absolute atomic E-state index is 5.44. The molecule has 0 bridgehead atoms. The van der Waals surface area contributed by atoms with Gasteiger partial charge in [0.25, 0.3) is 5.65 Å². The maximum Gasteiger partial charge on any atom is 0.287 e. The number of imidazole rings is 1. The largest absolute Gasteiger partial charge is 0.287 e. The van der Waals surface area contributed by atoms with Crippen molar-refractivity contribution >= 4 is 27.6 Å². The monoisotopic (exact) mass is 442 g/mol. The van der Waals surface area contributed by atoms with Crippen molar-refractivity contribution < 1.29 is 4.57 Å². The molecule has 1 atom stereocenters. The second-order valence-electron chi connectivity index (χ2n) is 12.2. The molecular formula is C30H40N3+. The molecule has 3 heteroatoms. The molecule has 3 aromatic heterocycles. The van der Waals surface area contributed by atoms with E-state index in [0.29, 0.717) is 5.92 Å². The number of rotatable bonds is 3. The van der Waals surface area contributed by atoms with Crippen LogP contribution in [-0.2, 0) is 16.4 Å². The van der Waals surface area contributed by atoms with Gasteiger partial charge in [0.1, 0.15) is 5.54 Å². The van der Waals surface area contributed by atoms with Gasteiger partial charge in [-0.2, -0.15) is 4.40 Å². The van der Waals surface area contributed by atoms with Crippen molar-refractivity contribution in [3.8, 4) is 0 Å². The maximum atomic E-state index is 5.44.